The van der Waals surface area contributed by atoms with Crippen molar-refractivity contribution in [3.05, 3.63) is 63.7 Å². The molecule has 0 bridgehead atoms. The first kappa shape index (κ1) is 17.5. The fourth-order valence-corrected chi connectivity index (χ4v) is 2.29. The van der Waals surface area contributed by atoms with E-state index in [0.717, 1.165) is 5.56 Å². The third-order valence-electron chi connectivity index (χ3n) is 3.61. The van der Waals surface area contributed by atoms with Crippen molar-refractivity contribution in [1.82, 2.24) is 0 Å². The van der Waals surface area contributed by atoms with Gasteiger partial charge >= 0.3 is 0 Å². The molecule has 24 heavy (non-hydrogen) atoms. The molecule has 0 saturated heterocycles. The SMILES string of the molecule is CC[C@H](Oc1cccc(C)c1)C(=O)Nc1ccc([N+](=O)[O-])cc1C. The zero-order chi connectivity index (χ0) is 17.7. The smallest absolute Gasteiger partial charge is 0.269 e. The minimum absolute atomic E-state index is 0.00597. The Morgan fingerprint density at radius 1 is 1.25 bits per heavy atom. The second-order valence-electron chi connectivity index (χ2n) is 5.58. The van der Waals surface area contributed by atoms with Crippen LogP contribution in [0.1, 0.15) is 24.5 Å². The summed E-state index contributed by atoms with van der Waals surface area (Å²) in [4.78, 5) is 22.7. The summed E-state index contributed by atoms with van der Waals surface area (Å²) in [6.45, 7) is 5.53. The van der Waals surface area contributed by atoms with Gasteiger partial charge < -0.3 is 10.1 Å². The van der Waals surface area contributed by atoms with E-state index < -0.39 is 11.0 Å². The van der Waals surface area contributed by atoms with Crippen LogP contribution < -0.4 is 10.1 Å². The number of aryl methyl sites for hydroxylation is 2. The van der Waals surface area contributed by atoms with Crippen LogP contribution in [0, 0.1) is 24.0 Å². The molecule has 2 aromatic rings. The van der Waals surface area contributed by atoms with E-state index in [0.29, 0.717) is 23.4 Å². The van der Waals surface area contributed by atoms with Crippen molar-refractivity contribution in [2.45, 2.75) is 33.3 Å². The molecule has 0 aliphatic rings. The number of nitrogens with zero attached hydrogens (tertiary/aromatic N) is 1. The number of nitro benzene ring substituents is 1. The first-order valence-electron chi connectivity index (χ1n) is 7.70. The topological polar surface area (TPSA) is 81.5 Å². The Balaban J connectivity index is 2.10. The minimum atomic E-state index is -0.638. The maximum Gasteiger partial charge on any atom is 0.269 e. The number of non-ortho nitro benzene ring substituents is 1. The lowest BCUT2D eigenvalue weighted by Crippen LogP contribution is -2.32. The van der Waals surface area contributed by atoms with Crippen LogP contribution in [0.25, 0.3) is 0 Å². The van der Waals surface area contributed by atoms with Gasteiger partial charge in [-0.3, -0.25) is 14.9 Å². The molecule has 0 fully saturated rings. The molecule has 0 unspecified atom stereocenters. The molecule has 1 N–H and O–H groups in total. The van der Waals surface area contributed by atoms with Gasteiger partial charge in [-0.2, -0.15) is 0 Å². The summed E-state index contributed by atoms with van der Waals surface area (Å²) in [5.41, 5.74) is 2.21. The number of anilines is 1. The van der Waals surface area contributed by atoms with Crippen LogP contribution in [0.2, 0.25) is 0 Å². The Bertz CT molecular complexity index is 758. The van der Waals surface area contributed by atoms with Crippen LogP contribution in [0.5, 0.6) is 5.75 Å². The van der Waals surface area contributed by atoms with Gasteiger partial charge in [-0.05, 0) is 49.6 Å². The molecule has 0 aliphatic carbocycles. The second kappa shape index (κ2) is 7.59. The van der Waals surface area contributed by atoms with Gasteiger partial charge in [0.1, 0.15) is 5.75 Å². The third kappa shape index (κ3) is 4.32. The molecule has 0 radical (unpaired) electrons. The standard InChI is InChI=1S/C18H20N2O4/c1-4-17(24-15-7-5-6-12(2)10-15)18(21)19-16-9-8-14(20(22)23)11-13(16)3/h5-11,17H,4H2,1-3H3,(H,19,21)/t17-/m0/s1. The van der Waals surface area contributed by atoms with Crippen LogP contribution in [0.4, 0.5) is 11.4 Å². The van der Waals surface area contributed by atoms with Gasteiger partial charge in [0, 0.05) is 17.8 Å². The van der Waals surface area contributed by atoms with Crippen LogP contribution in [0.15, 0.2) is 42.5 Å². The van der Waals surface area contributed by atoms with E-state index in [-0.39, 0.29) is 11.6 Å². The van der Waals surface area contributed by atoms with Crippen LogP contribution in [-0.4, -0.2) is 16.9 Å². The van der Waals surface area contributed by atoms with E-state index in [9.17, 15) is 14.9 Å². The van der Waals surface area contributed by atoms with Crippen LogP contribution >= 0.6 is 0 Å². The maximum absolute atomic E-state index is 12.4. The van der Waals surface area contributed by atoms with Gasteiger partial charge in [0.05, 0.1) is 4.92 Å². The van der Waals surface area contributed by atoms with Gasteiger partial charge in [0.2, 0.25) is 0 Å². The lowest BCUT2D eigenvalue weighted by atomic mass is 10.1. The highest BCUT2D eigenvalue weighted by molar-refractivity contribution is 5.95. The molecule has 1 amide bonds. The molecule has 126 valence electrons. The molecular formula is C18H20N2O4. The normalized spacial score (nSPS) is 11.6. The van der Waals surface area contributed by atoms with Crippen molar-refractivity contribution in [3.8, 4) is 5.75 Å². The molecule has 1 atom stereocenters. The summed E-state index contributed by atoms with van der Waals surface area (Å²) < 4.78 is 5.76. The van der Waals surface area contributed by atoms with E-state index >= 15 is 0 Å². The van der Waals surface area contributed by atoms with Crippen molar-refractivity contribution in [2.75, 3.05) is 5.32 Å². The zero-order valence-corrected chi connectivity index (χ0v) is 13.9. The number of hydrogen-bond donors (Lipinski definition) is 1. The maximum atomic E-state index is 12.4. The summed E-state index contributed by atoms with van der Waals surface area (Å²) in [7, 11) is 0. The van der Waals surface area contributed by atoms with Crippen LogP contribution in [-0.2, 0) is 4.79 Å². The zero-order valence-electron chi connectivity index (χ0n) is 13.9. The Morgan fingerprint density at radius 2 is 2.00 bits per heavy atom. The van der Waals surface area contributed by atoms with E-state index in [1.54, 1.807) is 13.0 Å². The van der Waals surface area contributed by atoms with Gasteiger partial charge in [0.25, 0.3) is 11.6 Å². The highest BCUT2D eigenvalue weighted by atomic mass is 16.6. The molecule has 0 aliphatic heterocycles. The van der Waals surface area contributed by atoms with Gasteiger partial charge in [-0.25, -0.2) is 0 Å². The van der Waals surface area contributed by atoms with E-state index in [1.807, 2.05) is 32.0 Å². The summed E-state index contributed by atoms with van der Waals surface area (Å²) in [5.74, 6) is 0.355. The Hall–Kier alpha value is -2.89. The number of carbonyl (C=O) groups is 1. The first-order valence-corrected chi connectivity index (χ1v) is 7.70. The number of benzene rings is 2. The molecule has 0 heterocycles. The highest BCUT2D eigenvalue weighted by Gasteiger charge is 2.20. The largest absolute Gasteiger partial charge is 0.481 e. The molecule has 6 nitrogen and oxygen atoms in total. The summed E-state index contributed by atoms with van der Waals surface area (Å²) in [5, 5.41) is 13.5. The summed E-state index contributed by atoms with van der Waals surface area (Å²) in [6.07, 6.45) is -0.132. The fourth-order valence-electron chi connectivity index (χ4n) is 2.29. The lowest BCUT2D eigenvalue weighted by Gasteiger charge is -2.18. The summed E-state index contributed by atoms with van der Waals surface area (Å²) >= 11 is 0. The molecule has 2 rings (SSSR count). The van der Waals surface area contributed by atoms with Gasteiger partial charge in [-0.1, -0.05) is 19.1 Å². The quantitative estimate of drug-likeness (QED) is 0.641. The predicted molar refractivity (Wildman–Crippen MR) is 92.3 cm³/mol. The number of ether oxygens (including phenoxy) is 1. The number of hydrogen-bond acceptors (Lipinski definition) is 4. The Kier molecular flexibility index (Phi) is 5.52. The number of amides is 1. The second-order valence-corrected chi connectivity index (χ2v) is 5.58. The van der Waals surface area contributed by atoms with Crippen molar-refractivity contribution in [3.63, 3.8) is 0 Å². The molecule has 6 heteroatoms. The van der Waals surface area contributed by atoms with E-state index in [1.165, 1.54) is 18.2 Å². The first-order chi connectivity index (χ1) is 11.4. The van der Waals surface area contributed by atoms with Gasteiger partial charge in [-0.15, -0.1) is 0 Å². The van der Waals surface area contributed by atoms with Crippen molar-refractivity contribution in [2.24, 2.45) is 0 Å². The van der Waals surface area contributed by atoms with Crippen molar-refractivity contribution >= 4 is 17.3 Å². The molecule has 0 spiro atoms. The monoisotopic (exact) mass is 328 g/mol. The molecule has 0 aromatic heterocycles. The molecule has 2 aromatic carbocycles. The average Bonchev–Trinajstić information content (AvgIpc) is 2.54. The number of nitrogens with one attached hydrogen (secondary N) is 1. The van der Waals surface area contributed by atoms with E-state index in [2.05, 4.69) is 5.32 Å². The lowest BCUT2D eigenvalue weighted by molar-refractivity contribution is -0.384. The summed E-state index contributed by atoms with van der Waals surface area (Å²) in [6, 6.07) is 11.8. The number of carbonyl (C=O) groups excluding carboxylic acids is 1. The Labute approximate surface area is 140 Å². The number of nitro groups is 1. The minimum Gasteiger partial charge on any atom is -0.481 e. The average molecular weight is 328 g/mol. The fraction of sp³-hybridized carbons (Fsp3) is 0.278. The van der Waals surface area contributed by atoms with Crippen molar-refractivity contribution in [1.29, 1.82) is 0 Å². The van der Waals surface area contributed by atoms with Crippen molar-refractivity contribution < 1.29 is 14.5 Å². The third-order valence-corrected chi connectivity index (χ3v) is 3.61. The van der Waals surface area contributed by atoms with E-state index in [4.69, 9.17) is 4.74 Å². The van der Waals surface area contributed by atoms with Crippen LogP contribution in [0.3, 0.4) is 0 Å². The predicted octanol–water partition coefficient (Wildman–Crippen LogP) is 4.01. The number of rotatable bonds is 6. The van der Waals surface area contributed by atoms with Gasteiger partial charge in [0.15, 0.2) is 6.10 Å². The highest BCUT2D eigenvalue weighted by Crippen LogP contribution is 2.22. The Morgan fingerprint density at radius 3 is 2.58 bits per heavy atom. The molecule has 0 saturated carbocycles. The molecular weight excluding hydrogens is 308 g/mol.